The van der Waals surface area contributed by atoms with Gasteiger partial charge in [-0.1, -0.05) is 24.3 Å². The van der Waals surface area contributed by atoms with Crippen LogP contribution in [0, 0.1) is 5.92 Å². The van der Waals surface area contributed by atoms with E-state index in [4.69, 9.17) is 0 Å². The molecule has 2 heterocycles. The Bertz CT molecular complexity index is 1100. The van der Waals surface area contributed by atoms with Crippen LogP contribution >= 0.6 is 11.8 Å². The summed E-state index contributed by atoms with van der Waals surface area (Å²) < 4.78 is 0. The van der Waals surface area contributed by atoms with Gasteiger partial charge in [-0.15, -0.1) is 11.8 Å². The molecule has 1 aliphatic carbocycles. The van der Waals surface area contributed by atoms with Gasteiger partial charge in [0.05, 0.1) is 5.92 Å². The number of nitrogens with zero attached hydrogens (tertiary/aromatic N) is 1. The van der Waals surface area contributed by atoms with Gasteiger partial charge in [0.2, 0.25) is 5.91 Å². The van der Waals surface area contributed by atoms with Crippen LogP contribution in [0.2, 0.25) is 0 Å². The lowest BCUT2D eigenvalue weighted by atomic mass is 9.80. The van der Waals surface area contributed by atoms with Gasteiger partial charge in [-0.25, -0.2) is 0 Å². The molecule has 0 unspecified atom stereocenters. The minimum atomic E-state index is -0.162. The first kappa shape index (κ1) is 17.6. The SMILES string of the molecule is CSc1cccc(NC(=O)[C@@H]2C=C3c4cccc5[nH]cc(c45)C[C@H]3N(C)C2)c1. The number of anilines is 1. The van der Waals surface area contributed by atoms with Crippen LogP contribution in [0.1, 0.15) is 11.1 Å². The molecule has 1 amide bonds. The first-order valence-electron chi connectivity index (χ1n) is 9.60. The van der Waals surface area contributed by atoms with E-state index in [1.165, 1.54) is 27.6 Å². The van der Waals surface area contributed by atoms with Crippen molar-refractivity contribution in [3.05, 3.63) is 65.9 Å². The number of carbonyl (C=O) groups excluding carboxylic acids is 1. The molecule has 28 heavy (non-hydrogen) atoms. The van der Waals surface area contributed by atoms with E-state index in [0.29, 0.717) is 6.04 Å². The van der Waals surface area contributed by atoms with Gasteiger partial charge in [-0.3, -0.25) is 9.69 Å². The van der Waals surface area contributed by atoms with E-state index in [0.717, 1.165) is 23.5 Å². The minimum absolute atomic E-state index is 0.0584. The van der Waals surface area contributed by atoms with Gasteiger partial charge in [0.1, 0.15) is 0 Å². The number of hydrogen-bond donors (Lipinski definition) is 2. The quantitative estimate of drug-likeness (QED) is 0.653. The maximum absolute atomic E-state index is 13.0. The molecule has 1 aromatic heterocycles. The lowest BCUT2D eigenvalue weighted by Gasteiger charge is -2.39. The Labute approximate surface area is 169 Å². The van der Waals surface area contributed by atoms with Crippen molar-refractivity contribution in [2.24, 2.45) is 5.92 Å². The third-order valence-corrected chi connectivity index (χ3v) is 6.67. The highest BCUT2D eigenvalue weighted by atomic mass is 32.2. The fraction of sp³-hybridized carbons (Fsp3) is 0.261. The molecule has 4 nitrogen and oxygen atoms in total. The second-order valence-electron chi connectivity index (χ2n) is 7.65. The average Bonchev–Trinajstić information content (AvgIpc) is 3.13. The maximum Gasteiger partial charge on any atom is 0.232 e. The molecule has 0 saturated carbocycles. The molecular weight excluding hydrogens is 366 g/mol. The van der Waals surface area contributed by atoms with Crippen LogP contribution in [-0.4, -0.2) is 41.7 Å². The van der Waals surface area contributed by atoms with Crippen LogP contribution in [0.5, 0.6) is 0 Å². The van der Waals surface area contributed by atoms with Gasteiger partial charge in [0, 0.05) is 40.3 Å². The third kappa shape index (κ3) is 2.86. The Kier molecular flexibility index (Phi) is 4.29. The molecular formula is C23H23N3OS. The zero-order valence-corrected chi connectivity index (χ0v) is 16.8. The molecule has 1 aliphatic heterocycles. The Hall–Kier alpha value is -2.50. The number of likely N-dealkylation sites (N-methyl/N-ethyl adjacent to an activating group) is 1. The first-order valence-corrected chi connectivity index (χ1v) is 10.8. The normalized spacial score (nSPS) is 21.3. The number of amides is 1. The van der Waals surface area contributed by atoms with Crippen LogP contribution in [0.15, 0.2) is 59.6 Å². The molecule has 0 spiro atoms. The van der Waals surface area contributed by atoms with E-state index in [1.54, 1.807) is 11.8 Å². The van der Waals surface area contributed by atoms with Crippen molar-refractivity contribution in [3.8, 4) is 0 Å². The summed E-state index contributed by atoms with van der Waals surface area (Å²) in [6.07, 6.45) is 7.36. The summed E-state index contributed by atoms with van der Waals surface area (Å²) in [6, 6.07) is 14.8. The molecule has 0 bridgehead atoms. The van der Waals surface area contributed by atoms with Crippen LogP contribution in [-0.2, 0) is 11.2 Å². The zero-order valence-electron chi connectivity index (χ0n) is 16.0. The number of thioether (sulfide) groups is 1. The van der Waals surface area contributed by atoms with Gasteiger partial charge >= 0.3 is 0 Å². The maximum atomic E-state index is 13.0. The molecule has 2 atom stereocenters. The van der Waals surface area contributed by atoms with Crippen molar-refractivity contribution in [1.82, 2.24) is 9.88 Å². The lowest BCUT2D eigenvalue weighted by Crippen LogP contribution is -2.45. The van der Waals surface area contributed by atoms with Gasteiger partial charge in [0.25, 0.3) is 0 Å². The van der Waals surface area contributed by atoms with Crippen molar-refractivity contribution >= 4 is 39.8 Å². The van der Waals surface area contributed by atoms with Crippen molar-refractivity contribution in [1.29, 1.82) is 0 Å². The number of nitrogens with one attached hydrogen (secondary N) is 2. The molecule has 142 valence electrons. The number of fused-ring (bicyclic) bond motifs is 2. The van der Waals surface area contributed by atoms with Crippen LogP contribution in [0.4, 0.5) is 5.69 Å². The van der Waals surface area contributed by atoms with E-state index < -0.39 is 0 Å². The number of carbonyl (C=O) groups is 1. The zero-order chi connectivity index (χ0) is 19.3. The van der Waals surface area contributed by atoms with Gasteiger partial charge < -0.3 is 10.3 Å². The summed E-state index contributed by atoms with van der Waals surface area (Å²) in [5.41, 5.74) is 5.95. The van der Waals surface area contributed by atoms with Gasteiger partial charge in [0.15, 0.2) is 0 Å². The standard InChI is InChI=1S/C23H23N3OS/c1-26-13-15(23(27)25-16-5-3-6-17(11-16)28-2)9-19-18-7-4-8-20-22(18)14(12-24-20)10-21(19)26/h3-9,11-12,15,21,24H,10,13H2,1-2H3,(H,25,27)/t15-,21-/m1/s1. The summed E-state index contributed by atoms with van der Waals surface area (Å²) in [5, 5.41) is 4.42. The molecule has 2 aliphatic rings. The van der Waals surface area contributed by atoms with E-state index in [2.05, 4.69) is 58.8 Å². The smallest absolute Gasteiger partial charge is 0.232 e. The van der Waals surface area contributed by atoms with E-state index in [-0.39, 0.29) is 11.8 Å². The second kappa shape index (κ2) is 6.83. The fourth-order valence-electron chi connectivity index (χ4n) is 4.55. The van der Waals surface area contributed by atoms with E-state index >= 15 is 0 Å². The number of aromatic nitrogens is 1. The molecule has 3 aromatic rings. The average molecular weight is 390 g/mol. The van der Waals surface area contributed by atoms with Crippen molar-refractivity contribution in [2.45, 2.75) is 17.4 Å². The molecule has 5 heteroatoms. The fourth-order valence-corrected chi connectivity index (χ4v) is 5.01. The summed E-state index contributed by atoms with van der Waals surface area (Å²) in [6.45, 7) is 0.734. The Morgan fingerprint density at radius 2 is 2.11 bits per heavy atom. The summed E-state index contributed by atoms with van der Waals surface area (Å²) in [7, 11) is 2.13. The second-order valence-corrected chi connectivity index (χ2v) is 8.53. The highest BCUT2D eigenvalue weighted by Gasteiger charge is 2.35. The van der Waals surface area contributed by atoms with Crippen LogP contribution in [0.25, 0.3) is 16.5 Å². The summed E-state index contributed by atoms with van der Waals surface area (Å²) in [4.78, 5) is 19.9. The largest absolute Gasteiger partial charge is 0.361 e. The highest BCUT2D eigenvalue weighted by Crippen LogP contribution is 2.40. The number of hydrogen-bond acceptors (Lipinski definition) is 3. The monoisotopic (exact) mass is 389 g/mol. The Morgan fingerprint density at radius 1 is 1.25 bits per heavy atom. The molecule has 0 radical (unpaired) electrons. The van der Waals surface area contributed by atoms with Crippen molar-refractivity contribution in [2.75, 3.05) is 25.2 Å². The number of H-pyrrole nitrogens is 1. The lowest BCUT2D eigenvalue weighted by molar-refractivity contribution is -0.119. The number of aromatic amines is 1. The predicted molar refractivity (Wildman–Crippen MR) is 117 cm³/mol. The molecule has 2 aromatic carbocycles. The third-order valence-electron chi connectivity index (χ3n) is 5.94. The Morgan fingerprint density at radius 3 is 2.96 bits per heavy atom. The van der Waals surface area contributed by atoms with Crippen molar-refractivity contribution in [3.63, 3.8) is 0 Å². The number of rotatable bonds is 3. The molecule has 2 N–H and O–H groups in total. The summed E-state index contributed by atoms with van der Waals surface area (Å²) >= 11 is 1.68. The molecule has 0 saturated heterocycles. The predicted octanol–water partition coefficient (Wildman–Crippen LogP) is 4.40. The minimum Gasteiger partial charge on any atom is -0.361 e. The van der Waals surface area contributed by atoms with Crippen LogP contribution in [0.3, 0.4) is 0 Å². The summed E-state index contributed by atoms with van der Waals surface area (Å²) in [5.74, 6) is -0.104. The topological polar surface area (TPSA) is 48.1 Å². The molecule has 0 fully saturated rings. The van der Waals surface area contributed by atoms with Crippen LogP contribution < -0.4 is 5.32 Å². The number of benzene rings is 2. The first-order chi connectivity index (χ1) is 13.6. The van der Waals surface area contributed by atoms with E-state index in [1.807, 2.05) is 24.5 Å². The molecule has 5 rings (SSSR count). The van der Waals surface area contributed by atoms with E-state index in [9.17, 15) is 4.79 Å². The van der Waals surface area contributed by atoms with Crippen molar-refractivity contribution < 1.29 is 4.79 Å². The Balaban J connectivity index is 1.49. The van der Waals surface area contributed by atoms with Gasteiger partial charge in [-0.05, 0) is 60.7 Å². The highest BCUT2D eigenvalue weighted by molar-refractivity contribution is 7.98. The van der Waals surface area contributed by atoms with Gasteiger partial charge in [-0.2, -0.15) is 0 Å².